The minimum atomic E-state index is -0.198. The zero-order valence-corrected chi connectivity index (χ0v) is 84.3. The quantitative estimate of drug-likeness (QED) is 0.0351. The molecule has 1 atom stereocenters. The zero-order valence-electron chi connectivity index (χ0n) is 84.3. The summed E-state index contributed by atoms with van der Waals surface area (Å²) in [6.45, 7) is 19.1. The number of benzene rings is 14. The third-order valence-electron chi connectivity index (χ3n) is 33.8. The Morgan fingerprint density at radius 2 is 0.372 bits per heavy atom. The van der Waals surface area contributed by atoms with Gasteiger partial charge in [0.25, 0.3) is 0 Å². The molecule has 0 heterocycles. The van der Waals surface area contributed by atoms with Gasteiger partial charge in [-0.1, -0.05) is 454 Å². The van der Waals surface area contributed by atoms with Crippen LogP contribution in [0.15, 0.2) is 315 Å². The molecule has 2 heteroatoms. The van der Waals surface area contributed by atoms with Crippen molar-refractivity contribution < 1.29 is 0 Å². The fourth-order valence-electron chi connectivity index (χ4n) is 26.6. The van der Waals surface area contributed by atoms with Crippen LogP contribution in [0.2, 0.25) is 0 Å². The van der Waals surface area contributed by atoms with Crippen molar-refractivity contribution in [1.82, 2.24) is 0 Å². The lowest BCUT2D eigenvalue weighted by molar-refractivity contribution is 0.346. The fourth-order valence-corrected chi connectivity index (χ4v) is 26.6. The fraction of sp³-hybridized carbons (Fsp3) is 0.378. The minimum Gasteiger partial charge on any atom is -0.310 e. The van der Waals surface area contributed by atoms with Crippen molar-refractivity contribution in [3.63, 3.8) is 0 Å². The van der Waals surface area contributed by atoms with Crippen LogP contribution in [0.3, 0.4) is 0 Å². The molecular weight excluding hydrogens is 1650 g/mol. The van der Waals surface area contributed by atoms with Gasteiger partial charge < -0.3 is 9.80 Å². The molecular formula is C135H152N2. The number of fused-ring (bicyclic) bond motifs is 12. The maximum absolute atomic E-state index is 2.73. The molecule has 14 aromatic rings. The first-order valence-electron chi connectivity index (χ1n) is 54.7. The summed E-state index contributed by atoms with van der Waals surface area (Å²) in [6.07, 6.45) is 45.3. The molecule has 137 heavy (non-hydrogen) atoms. The molecule has 0 amide bonds. The molecule has 1 fully saturated rings. The maximum Gasteiger partial charge on any atom is 0.0465 e. The van der Waals surface area contributed by atoms with E-state index in [2.05, 4.69) is 381 Å². The number of unbranched alkanes of at least 4 members (excludes halogenated alkanes) is 17. The Balaban J connectivity index is 0.772. The van der Waals surface area contributed by atoms with E-state index in [0.29, 0.717) is 0 Å². The summed E-state index contributed by atoms with van der Waals surface area (Å²) >= 11 is 0. The summed E-state index contributed by atoms with van der Waals surface area (Å²) in [6, 6.07) is 127. The highest BCUT2D eigenvalue weighted by Crippen LogP contribution is 2.63. The lowest BCUT2D eigenvalue weighted by Gasteiger charge is -2.39. The van der Waals surface area contributed by atoms with Crippen molar-refractivity contribution >= 4 is 34.1 Å². The highest BCUT2D eigenvalue weighted by Gasteiger charge is 2.49. The number of anilines is 6. The van der Waals surface area contributed by atoms with Crippen LogP contribution in [0, 0.1) is 0 Å². The van der Waals surface area contributed by atoms with Crippen LogP contribution in [-0.2, 0) is 27.1 Å². The van der Waals surface area contributed by atoms with Gasteiger partial charge in [-0.25, -0.2) is 0 Å². The van der Waals surface area contributed by atoms with Gasteiger partial charge in [-0.05, 0) is 306 Å². The second-order valence-electron chi connectivity index (χ2n) is 42.2. The Morgan fingerprint density at radius 3 is 0.599 bits per heavy atom. The number of hydrogen-bond donors (Lipinski definition) is 0. The molecule has 5 aliphatic carbocycles. The van der Waals surface area contributed by atoms with Crippen molar-refractivity contribution in [3.05, 3.63) is 371 Å². The monoisotopic (exact) mass is 1800 g/mol. The predicted octanol–water partition coefficient (Wildman–Crippen LogP) is 40.6. The van der Waals surface area contributed by atoms with E-state index in [0.717, 1.165) is 64.2 Å². The van der Waals surface area contributed by atoms with E-state index in [1.165, 1.54) is 359 Å². The maximum atomic E-state index is 2.73. The van der Waals surface area contributed by atoms with Crippen LogP contribution in [-0.4, -0.2) is 0 Å². The standard InChI is InChI=1S/C135H152N2/c1-9-17-25-46-90-135(89-45-24-16-8)126-94-106(102-55-37-29-38-56-102)60-76-118(126)122-80-72-114(98-130(122)135)137(113-71-79-121-117-75-59-105(101-53-35-28-36-54-101)93-125(117)134(129(121)97-113,87-43-22-14-6)88-44-23-15-7)110-67-63-108(64-68-110)131(81-47-30-48-82-131)107-61-65-109(66-62-107)136(111-69-77-119-115-73-57-103(99-49-31-26-32-50-99)91-123(115)132(127(119)95-111,83-39-18-10-2)84-40-19-11-3)112-70-78-120-116-74-58-104(100-51-33-27-34-52-100)92-124(116)133(128(120)96-112,85-41-20-12-4)86-42-21-13-5/h26-29,31-38,49-80,91-98H,9-25,30,39-48,81-90H2,1-8H3. The largest absolute Gasteiger partial charge is 0.310 e. The lowest BCUT2D eigenvalue weighted by Crippen LogP contribution is -2.30. The Morgan fingerprint density at radius 1 is 0.175 bits per heavy atom. The molecule has 0 N–H and O–H groups in total. The van der Waals surface area contributed by atoms with Crippen LogP contribution in [0.25, 0.3) is 89.0 Å². The smallest absolute Gasteiger partial charge is 0.0465 e. The SMILES string of the molecule is CCCCCCC1(CCCCC)c2cc(-c3ccccc3)ccc2-c2ccc(N(c3ccc(C4(c5ccc(N(c6ccc7c(c6)C(CCCCC)(CCCCC)c6cc(-c8ccccc8)ccc6-7)c6ccc7c(c6)C(CCCCC)(CCCCC)c6cc(-c8ccccc8)ccc6-7)cc5)CCCCC4)cc3)c3ccc4c(c3)C(CCCCC)(CCCCC)c3cc(-c5ccccc5)ccc3-4)cc21. The second kappa shape index (κ2) is 43.0. The molecule has 0 spiro atoms. The zero-order chi connectivity index (χ0) is 93.8. The number of rotatable bonds is 45. The van der Waals surface area contributed by atoms with Gasteiger partial charge in [-0.15, -0.1) is 0 Å². The summed E-state index contributed by atoms with van der Waals surface area (Å²) < 4.78 is 0. The Kier molecular flexibility index (Phi) is 29.7. The first-order chi connectivity index (χ1) is 67.5. The molecule has 1 unspecified atom stereocenters. The van der Waals surface area contributed by atoms with Crippen LogP contribution in [0.1, 0.15) is 355 Å². The Labute approximate surface area is 824 Å². The summed E-state index contributed by atoms with van der Waals surface area (Å²) in [5.74, 6) is 0. The molecule has 1 saturated carbocycles. The number of nitrogens with zero attached hydrogens (tertiary/aromatic N) is 2. The van der Waals surface area contributed by atoms with Crippen molar-refractivity contribution in [2.75, 3.05) is 9.80 Å². The van der Waals surface area contributed by atoms with Crippen LogP contribution < -0.4 is 9.80 Å². The second-order valence-corrected chi connectivity index (χ2v) is 42.2. The topological polar surface area (TPSA) is 6.48 Å². The summed E-state index contributed by atoms with van der Waals surface area (Å²) in [4.78, 5) is 5.46. The van der Waals surface area contributed by atoms with E-state index < -0.39 is 0 Å². The minimum absolute atomic E-state index is 0.140. The summed E-state index contributed by atoms with van der Waals surface area (Å²) in [7, 11) is 0. The van der Waals surface area contributed by atoms with Gasteiger partial charge in [0.15, 0.2) is 0 Å². The van der Waals surface area contributed by atoms with Crippen LogP contribution >= 0.6 is 0 Å². The van der Waals surface area contributed by atoms with E-state index in [1.807, 2.05) is 0 Å². The van der Waals surface area contributed by atoms with Gasteiger partial charge in [0.1, 0.15) is 0 Å². The molecule has 2 nitrogen and oxygen atoms in total. The first kappa shape index (κ1) is 94.6. The highest BCUT2D eigenvalue weighted by molar-refractivity contribution is 5.94. The molecule has 19 rings (SSSR count). The van der Waals surface area contributed by atoms with Gasteiger partial charge in [0.05, 0.1) is 0 Å². The predicted molar refractivity (Wildman–Crippen MR) is 590 cm³/mol. The van der Waals surface area contributed by atoms with E-state index in [1.54, 1.807) is 0 Å². The average Bonchev–Trinajstić information content (AvgIpc) is 1.57. The molecule has 0 saturated heterocycles. The van der Waals surface area contributed by atoms with Gasteiger partial charge in [0, 0.05) is 61.2 Å². The Hall–Kier alpha value is -11.3. The lowest BCUT2D eigenvalue weighted by atomic mass is 9.65. The normalized spacial score (nSPS) is 15.6. The van der Waals surface area contributed by atoms with Crippen molar-refractivity contribution in [2.24, 2.45) is 0 Å². The van der Waals surface area contributed by atoms with Crippen LogP contribution in [0.5, 0.6) is 0 Å². The highest BCUT2D eigenvalue weighted by atomic mass is 15.1. The molecule has 5 aliphatic rings. The Bertz CT molecular complexity index is 6180. The molecule has 0 bridgehead atoms. The van der Waals surface area contributed by atoms with E-state index in [9.17, 15) is 0 Å². The van der Waals surface area contributed by atoms with Gasteiger partial charge in [0.2, 0.25) is 0 Å². The number of hydrogen-bond acceptors (Lipinski definition) is 2. The van der Waals surface area contributed by atoms with E-state index >= 15 is 0 Å². The van der Waals surface area contributed by atoms with Crippen molar-refractivity contribution in [3.8, 4) is 89.0 Å². The van der Waals surface area contributed by atoms with E-state index in [-0.39, 0.29) is 27.1 Å². The van der Waals surface area contributed by atoms with Gasteiger partial charge >= 0.3 is 0 Å². The third kappa shape index (κ3) is 18.4. The van der Waals surface area contributed by atoms with Crippen molar-refractivity contribution in [2.45, 2.75) is 326 Å². The molecule has 0 radical (unpaired) electrons. The van der Waals surface area contributed by atoms with E-state index in [4.69, 9.17) is 0 Å². The van der Waals surface area contributed by atoms with Gasteiger partial charge in [-0.3, -0.25) is 0 Å². The molecule has 0 aliphatic heterocycles. The summed E-state index contributed by atoms with van der Waals surface area (Å²) in [5, 5.41) is 0. The molecule has 0 aromatic heterocycles. The van der Waals surface area contributed by atoms with Gasteiger partial charge in [-0.2, -0.15) is 0 Å². The first-order valence-corrected chi connectivity index (χ1v) is 54.7. The van der Waals surface area contributed by atoms with Crippen molar-refractivity contribution in [1.29, 1.82) is 0 Å². The molecule has 702 valence electrons. The average molecular weight is 1800 g/mol. The summed E-state index contributed by atoms with van der Waals surface area (Å²) in [5.41, 5.74) is 43.6. The molecule has 14 aromatic carbocycles. The third-order valence-corrected chi connectivity index (χ3v) is 33.8. The van der Waals surface area contributed by atoms with Crippen LogP contribution in [0.4, 0.5) is 34.1 Å².